The fourth-order valence-corrected chi connectivity index (χ4v) is 5.91. The molecule has 0 radical (unpaired) electrons. The van der Waals surface area contributed by atoms with Crippen molar-refractivity contribution < 1.29 is 14.4 Å². The number of allylic oxidation sites excluding steroid dienone is 2. The van der Waals surface area contributed by atoms with Crippen molar-refractivity contribution in [3.8, 4) is 0 Å². The van der Waals surface area contributed by atoms with Gasteiger partial charge in [-0.1, -0.05) is 60.2 Å². The first-order valence-electron chi connectivity index (χ1n) is 11.8. The molecular formula is C29H25ClN2O3S. The molecule has 1 aliphatic carbocycles. The molecule has 1 saturated heterocycles. The van der Waals surface area contributed by atoms with Crippen LogP contribution in [0.3, 0.4) is 0 Å². The van der Waals surface area contributed by atoms with Gasteiger partial charge in [0, 0.05) is 15.6 Å². The summed E-state index contributed by atoms with van der Waals surface area (Å²) >= 11 is 7.65. The summed E-state index contributed by atoms with van der Waals surface area (Å²) in [5, 5.41) is 3.10. The molecule has 36 heavy (non-hydrogen) atoms. The molecule has 7 heteroatoms. The van der Waals surface area contributed by atoms with Crippen molar-refractivity contribution in [2.75, 3.05) is 10.2 Å². The second-order valence-electron chi connectivity index (χ2n) is 8.97. The zero-order valence-corrected chi connectivity index (χ0v) is 21.3. The van der Waals surface area contributed by atoms with E-state index in [-0.39, 0.29) is 29.6 Å². The van der Waals surface area contributed by atoms with E-state index in [0.29, 0.717) is 29.2 Å². The molecular weight excluding hydrogens is 492 g/mol. The van der Waals surface area contributed by atoms with Gasteiger partial charge in [-0.25, -0.2) is 0 Å². The molecule has 3 atom stereocenters. The predicted molar refractivity (Wildman–Crippen MR) is 144 cm³/mol. The highest BCUT2D eigenvalue weighted by Crippen LogP contribution is 2.40. The van der Waals surface area contributed by atoms with Crippen LogP contribution in [0.1, 0.15) is 29.2 Å². The third-order valence-electron chi connectivity index (χ3n) is 6.72. The molecule has 0 saturated carbocycles. The van der Waals surface area contributed by atoms with Crippen molar-refractivity contribution >= 4 is 52.5 Å². The maximum atomic E-state index is 13.4. The van der Waals surface area contributed by atoms with Crippen LogP contribution >= 0.6 is 23.4 Å². The van der Waals surface area contributed by atoms with E-state index in [1.807, 2.05) is 73.7 Å². The van der Waals surface area contributed by atoms with Crippen LogP contribution in [-0.2, 0) is 14.4 Å². The number of nitrogens with zero attached hydrogens (tertiary/aromatic N) is 1. The highest BCUT2D eigenvalue weighted by atomic mass is 35.5. The van der Waals surface area contributed by atoms with Crippen LogP contribution in [0.15, 0.2) is 89.8 Å². The lowest BCUT2D eigenvalue weighted by atomic mass is 9.85. The van der Waals surface area contributed by atoms with Crippen molar-refractivity contribution in [2.45, 2.75) is 29.9 Å². The molecule has 3 amide bonds. The van der Waals surface area contributed by atoms with Crippen LogP contribution in [-0.4, -0.2) is 17.7 Å². The van der Waals surface area contributed by atoms with Gasteiger partial charge in [-0.05, 0) is 67.3 Å². The van der Waals surface area contributed by atoms with Crippen molar-refractivity contribution in [3.05, 3.63) is 101 Å². The number of imide groups is 1. The minimum atomic E-state index is -0.514. The molecule has 182 valence electrons. The van der Waals surface area contributed by atoms with Crippen LogP contribution in [0.2, 0.25) is 5.02 Å². The summed E-state index contributed by atoms with van der Waals surface area (Å²) < 4.78 is 0. The zero-order valence-electron chi connectivity index (χ0n) is 19.7. The normalized spacial score (nSPS) is 19.8. The maximum absolute atomic E-state index is 13.4. The first-order valence-corrected chi connectivity index (χ1v) is 13.1. The van der Waals surface area contributed by atoms with Gasteiger partial charge in [-0.2, -0.15) is 0 Å². The van der Waals surface area contributed by atoms with Gasteiger partial charge < -0.3 is 5.32 Å². The number of thioether (sulfide) groups is 1. The molecule has 3 aromatic carbocycles. The van der Waals surface area contributed by atoms with E-state index < -0.39 is 5.25 Å². The van der Waals surface area contributed by atoms with Crippen molar-refractivity contribution in [3.63, 3.8) is 0 Å². The lowest BCUT2D eigenvalue weighted by molar-refractivity contribution is -0.122. The van der Waals surface area contributed by atoms with Crippen LogP contribution in [0.25, 0.3) is 0 Å². The molecule has 1 fully saturated rings. The summed E-state index contributed by atoms with van der Waals surface area (Å²) in [5.41, 5.74) is 2.92. The van der Waals surface area contributed by atoms with Crippen LogP contribution < -0.4 is 10.2 Å². The second-order valence-corrected chi connectivity index (χ2v) is 10.6. The van der Waals surface area contributed by atoms with Crippen LogP contribution in [0.5, 0.6) is 0 Å². The molecule has 0 aromatic heterocycles. The number of hydrogen-bond acceptors (Lipinski definition) is 4. The number of anilines is 2. The van der Waals surface area contributed by atoms with Crippen molar-refractivity contribution in [1.29, 1.82) is 0 Å². The van der Waals surface area contributed by atoms with E-state index in [0.717, 1.165) is 16.0 Å². The third kappa shape index (κ3) is 4.71. The first kappa shape index (κ1) is 24.3. The molecule has 1 heterocycles. The van der Waals surface area contributed by atoms with Gasteiger partial charge in [0.05, 0.1) is 17.5 Å². The van der Waals surface area contributed by atoms with E-state index in [2.05, 4.69) is 5.32 Å². The maximum Gasteiger partial charge on any atom is 0.242 e. The summed E-state index contributed by atoms with van der Waals surface area (Å²) in [6, 6.07) is 22.3. The van der Waals surface area contributed by atoms with Gasteiger partial charge in [0.15, 0.2) is 0 Å². The molecule has 1 aliphatic heterocycles. The number of benzene rings is 3. The number of carbonyl (C=O) groups is 3. The Hall–Kier alpha value is -3.35. The minimum absolute atomic E-state index is 0.131. The Bertz CT molecular complexity index is 1310. The topological polar surface area (TPSA) is 66.5 Å². The summed E-state index contributed by atoms with van der Waals surface area (Å²) in [6.07, 6.45) is 5.18. The Labute approximate surface area is 219 Å². The number of nitrogens with one attached hydrogen (secondary N) is 1. The molecule has 3 aromatic rings. The van der Waals surface area contributed by atoms with E-state index in [1.54, 1.807) is 18.2 Å². The quantitative estimate of drug-likeness (QED) is 0.228. The zero-order chi connectivity index (χ0) is 25.2. The number of carbonyl (C=O) groups excluding carboxylic acids is 3. The summed E-state index contributed by atoms with van der Waals surface area (Å²) in [4.78, 5) is 41.4. The van der Waals surface area contributed by atoms with E-state index in [4.69, 9.17) is 11.6 Å². The molecule has 5 nitrogen and oxygen atoms in total. The summed E-state index contributed by atoms with van der Waals surface area (Å²) in [7, 11) is 0. The number of rotatable bonds is 6. The highest BCUT2D eigenvalue weighted by Gasteiger charge is 2.47. The van der Waals surface area contributed by atoms with Gasteiger partial charge in [0.2, 0.25) is 17.7 Å². The standard InChI is InChI=1S/C29H25ClN2O3S/c1-18-24(30)12-7-13-25(18)31-27(33)26(19-8-3-2-4-9-19)36-21-16-14-20(15-17-21)32-28(34)22-10-5-6-11-23(22)29(32)35/h2-9,12-17,22-23,26H,10-11H2,1H3,(H,31,33)/t22-,23+,26-/m1/s1. The molecule has 0 spiro atoms. The largest absolute Gasteiger partial charge is 0.325 e. The summed E-state index contributed by atoms with van der Waals surface area (Å²) in [5.74, 6) is -0.959. The van der Waals surface area contributed by atoms with Gasteiger partial charge in [0.1, 0.15) is 5.25 Å². The SMILES string of the molecule is Cc1c(Cl)cccc1NC(=O)[C@H](Sc1ccc(N2C(=O)[C@H]3CC=CC[C@H]3C2=O)cc1)c1ccccc1. The van der Waals surface area contributed by atoms with Crippen molar-refractivity contribution in [1.82, 2.24) is 0 Å². The monoisotopic (exact) mass is 516 g/mol. The lowest BCUT2D eigenvalue weighted by Crippen LogP contribution is -2.30. The molecule has 0 unspecified atom stereocenters. The molecule has 1 N–H and O–H groups in total. The fraction of sp³-hybridized carbons (Fsp3) is 0.207. The minimum Gasteiger partial charge on any atom is -0.325 e. The number of amides is 3. The van der Waals surface area contributed by atoms with E-state index >= 15 is 0 Å². The third-order valence-corrected chi connectivity index (χ3v) is 8.40. The average molecular weight is 517 g/mol. The van der Waals surface area contributed by atoms with Gasteiger partial charge in [-0.3, -0.25) is 19.3 Å². The van der Waals surface area contributed by atoms with Crippen molar-refractivity contribution in [2.24, 2.45) is 11.8 Å². The number of halogens is 1. The number of hydrogen-bond donors (Lipinski definition) is 1. The average Bonchev–Trinajstić information content (AvgIpc) is 3.16. The highest BCUT2D eigenvalue weighted by molar-refractivity contribution is 8.00. The molecule has 0 bridgehead atoms. The van der Waals surface area contributed by atoms with Gasteiger partial charge in [0.25, 0.3) is 0 Å². The van der Waals surface area contributed by atoms with Gasteiger partial charge in [-0.15, -0.1) is 11.8 Å². The van der Waals surface area contributed by atoms with E-state index in [9.17, 15) is 14.4 Å². The number of fused-ring (bicyclic) bond motifs is 1. The predicted octanol–water partition coefficient (Wildman–Crippen LogP) is 6.58. The Kier molecular flexibility index (Phi) is 6.99. The summed E-state index contributed by atoms with van der Waals surface area (Å²) in [6.45, 7) is 1.87. The lowest BCUT2D eigenvalue weighted by Gasteiger charge is -2.19. The molecule has 2 aliphatic rings. The van der Waals surface area contributed by atoms with E-state index in [1.165, 1.54) is 16.7 Å². The van der Waals surface area contributed by atoms with Gasteiger partial charge >= 0.3 is 0 Å². The molecule has 5 rings (SSSR count). The Balaban J connectivity index is 1.37. The van der Waals surface area contributed by atoms with Crippen LogP contribution in [0, 0.1) is 18.8 Å². The Morgan fingerprint density at radius 2 is 1.56 bits per heavy atom. The Morgan fingerprint density at radius 1 is 0.917 bits per heavy atom. The smallest absolute Gasteiger partial charge is 0.242 e. The van der Waals surface area contributed by atoms with Crippen LogP contribution in [0.4, 0.5) is 11.4 Å². The first-order chi connectivity index (χ1) is 17.4. The fourth-order valence-electron chi connectivity index (χ4n) is 4.71. The second kappa shape index (κ2) is 10.3. The Morgan fingerprint density at radius 3 is 2.19 bits per heavy atom.